The molecule has 92 valence electrons. The van der Waals surface area contributed by atoms with Crippen molar-refractivity contribution < 1.29 is 14.2 Å². The van der Waals surface area contributed by atoms with Crippen molar-refractivity contribution in [1.29, 1.82) is 5.26 Å². The van der Waals surface area contributed by atoms with Crippen LogP contribution in [0.4, 0.5) is 0 Å². The van der Waals surface area contributed by atoms with Crippen LogP contribution in [0.3, 0.4) is 0 Å². The zero-order valence-electron chi connectivity index (χ0n) is 9.89. The molecule has 0 saturated carbocycles. The Morgan fingerprint density at radius 2 is 2.12 bits per heavy atom. The molecule has 1 rings (SSSR count). The highest BCUT2D eigenvalue weighted by Gasteiger charge is 1.96. The van der Waals surface area contributed by atoms with Gasteiger partial charge in [-0.1, -0.05) is 0 Å². The van der Waals surface area contributed by atoms with Crippen LogP contribution in [0.1, 0.15) is 12.1 Å². The first-order valence-corrected chi connectivity index (χ1v) is 5.42. The first-order valence-electron chi connectivity index (χ1n) is 5.42. The monoisotopic (exact) mass is 236 g/mol. The molecule has 0 amide bonds. The molecule has 1 heterocycles. The highest BCUT2D eigenvalue weighted by molar-refractivity contribution is 5.26. The molecule has 0 aliphatic rings. The lowest BCUT2D eigenvalue weighted by molar-refractivity contribution is 0.0644. The normalized spacial score (nSPS) is 9.88. The second kappa shape index (κ2) is 8.50. The van der Waals surface area contributed by atoms with Crippen molar-refractivity contribution >= 4 is 0 Å². The van der Waals surface area contributed by atoms with Gasteiger partial charge in [0.05, 0.1) is 26.0 Å². The maximum Gasteiger partial charge on any atom is 0.140 e. The fourth-order valence-electron chi connectivity index (χ4n) is 1.13. The van der Waals surface area contributed by atoms with Gasteiger partial charge >= 0.3 is 0 Å². The summed E-state index contributed by atoms with van der Waals surface area (Å²) in [6.45, 7) is 2.43. The van der Waals surface area contributed by atoms with Crippen LogP contribution in [0.2, 0.25) is 0 Å². The Morgan fingerprint density at radius 3 is 2.76 bits per heavy atom. The summed E-state index contributed by atoms with van der Waals surface area (Å²) < 4.78 is 15.6. The molecule has 0 bridgehead atoms. The minimum Gasteiger partial charge on any atom is -0.492 e. The van der Waals surface area contributed by atoms with E-state index < -0.39 is 0 Å². The summed E-state index contributed by atoms with van der Waals surface area (Å²) in [7, 11) is 1.64. The van der Waals surface area contributed by atoms with E-state index in [1.165, 1.54) is 0 Å². The number of methoxy groups -OCH3 is 1. The highest BCUT2D eigenvalue weighted by Crippen LogP contribution is 2.08. The third kappa shape index (κ3) is 5.85. The van der Waals surface area contributed by atoms with Gasteiger partial charge in [-0.3, -0.25) is 0 Å². The highest BCUT2D eigenvalue weighted by atomic mass is 16.5. The Kier molecular flexibility index (Phi) is 6.72. The lowest BCUT2D eigenvalue weighted by Gasteiger charge is -2.06. The van der Waals surface area contributed by atoms with Crippen LogP contribution in [-0.4, -0.2) is 38.5 Å². The maximum atomic E-state index is 8.57. The first-order chi connectivity index (χ1) is 8.36. The van der Waals surface area contributed by atoms with Gasteiger partial charge in [0.1, 0.15) is 17.5 Å². The van der Waals surface area contributed by atoms with Gasteiger partial charge in [0, 0.05) is 20.1 Å². The number of hydrogen-bond acceptors (Lipinski definition) is 5. The number of nitrogens with zero attached hydrogens (tertiary/aromatic N) is 2. The molecule has 0 N–H and O–H groups in total. The molecule has 0 radical (unpaired) electrons. The predicted octanol–water partition coefficient (Wildman–Crippen LogP) is 1.39. The largest absolute Gasteiger partial charge is 0.492 e. The van der Waals surface area contributed by atoms with E-state index in [4.69, 9.17) is 19.5 Å². The molecule has 1 aromatic rings. The van der Waals surface area contributed by atoms with Crippen LogP contribution in [-0.2, 0) is 9.47 Å². The smallest absolute Gasteiger partial charge is 0.140 e. The summed E-state index contributed by atoms with van der Waals surface area (Å²) in [5.41, 5.74) is 0.389. The summed E-state index contributed by atoms with van der Waals surface area (Å²) in [4.78, 5) is 3.90. The Hall–Kier alpha value is -1.64. The molecule has 0 atom stereocenters. The van der Waals surface area contributed by atoms with E-state index in [1.807, 2.05) is 6.07 Å². The van der Waals surface area contributed by atoms with Gasteiger partial charge in [-0.05, 0) is 12.1 Å². The van der Waals surface area contributed by atoms with E-state index in [9.17, 15) is 0 Å². The van der Waals surface area contributed by atoms with E-state index in [0.29, 0.717) is 37.9 Å². The number of hydrogen-bond donors (Lipinski definition) is 0. The van der Waals surface area contributed by atoms with Crippen LogP contribution in [0, 0.1) is 11.3 Å². The molecule has 0 unspecified atom stereocenters. The fraction of sp³-hybridized carbons (Fsp3) is 0.500. The number of pyridine rings is 1. The Morgan fingerprint density at radius 1 is 1.24 bits per heavy atom. The number of aromatic nitrogens is 1. The fourth-order valence-corrected chi connectivity index (χ4v) is 1.13. The predicted molar refractivity (Wildman–Crippen MR) is 61.8 cm³/mol. The molecule has 0 aliphatic heterocycles. The van der Waals surface area contributed by atoms with E-state index in [0.717, 1.165) is 6.42 Å². The van der Waals surface area contributed by atoms with E-state index >= 15 is 0 Å². The van der Waals surface area contributed by atoms with Gasteiger partial charge < -0.3 is 14.2 Å². The van der Waals surface area contributed by atoms with E-state index in [-0.39, 0.29) is 0 Å². The Bertz CT molecular complexity index is 346. The molecule has 1 aromatic heterocycles. The molecule has 5 heteroatoms. The Labute approximate surface area is 101 Å². The third-order valence-corrected chi connectivity index (χ3v) is 1.98. The molecule has 0 spiro atoms. The van der Waals surface area contributed by atoms with Crippen LogP contribution in [0.25, 0.3) is 0 Å². The van der Waals surface area contributed by atoms with Gasteiger partial charge in [-0.15, -0.1) is 0 Å². The lowest BCUT2D eigenvalue weighted by atomic mass is 10.3. The van der Waals surface area contributed by atoms with Gasteiger partial charge in [0.15, 0.2) is 0 Å². The van der Waals surface area contributed by atoms with Crippen molar-refractivity contribution in [3.63, 3.8) is 0 Å². The third-order valence-electron chi connectivity index (χ3n) is 1.98. The van der Waals surface area contributed by atoms with Crippen molar-refractivity contribution in [3.8, 4) is 11.8 Å². The number of nitriles is 1. The standard InChI is InChI=1S/C12H16N2O3/c1-15-7-8-16-5-2-6-17-12-4-3-11(9-13)14-10-12/h3-4,10H,2,5-8H2,1H3. The molecule has 0 aromatic carbocycles. The van der Waals surface area contributed by atoms with Crippen LogP contribution < -0.4 is 4.74 Å². The van der Waals surface area contributed by atoms with Gasteiger partial charge in [0.25, 0.3) is 0 Å². The van der Waals surface area contributed by atoms with Crippen LogP contribution in [0.5, 0.6) is 5.75 Å². The Balaban J connectivity index is 2.08. The topological polar surface area (TPSA) is 64.4 Å². The molecule has 0 aliphatic carbocycles. The van der Waals surface area contributed by atoms with Gasteiger partial charge in [-0.25, -0.2) is 4.98 Å². The summed E-state index contributed by atoms with van der Waals surface area (Å²) in [5.74, 6) is 0.667. The lowest BCUT2D eigenvalue weighted by Crippen LogP contribution is -2.06. The van der Waals surface area contributed by atoms with Crippen LogP contribution in [0.15, 0.2) is 18.3 Å². The van der Waals surface area contributed by atoms with E-state index in [2.05, 4.69) is 4.98 Å². The maximum absolute atomic E-state index is 8.57. The minimum atomic E-state index is 0.389. The quantitative estimate of drug-likeness (QED) is 0.638. The summed E-state index contributed by atoms with van der Waals surface area (Å²) in [5, 5.41) is 8.57. The van der Waals surface area contributed by atoms with Crippen molar-refractivity contribution in [2.45, 2.75) is 6.42 Å². The number of ether oxygens (including phenoxy) is 3. The van der Waals surface area contributed by atoms with Gasteiger partial charge in [-0.2, -0.15) is 5.26 Å². The molecular formula is C12H16N2O3. The molecule has 0 saturated heterocycles. The minimum absolute atomic E-state index is 0.389. The zero-order chi connectivity index (χ0) is 12.3. The summed E-state index contributed by atoms with van der Waals surface area (Å²) in [6.07, 6.45) is 2.36. The number of rotatable bonds is 8. The average Bonchev–Trinajstić information content (AvgIpc) is 2.38. The second-order valence-electron chi connectivity index (χ2n) is 3.30. The average molecular weight is 236 g/mol. The molecule has 17 heavy (non-hydrogen) atoms. The summed E-state index contributed by atoms with van der Waals surface area (Å²) in [6, 6.07) is 5.31. The van der Waals surface area contributed by atoms with Crippen molar-refractivity contribution in [3.05, 3.63) is 24.0 Å². The van der Waals surface area contributed by atoms with Crippen molar-refractivity contribution in [2.75, 3.05) is 33.5 Å². The van der Waals surface area contributed by atoms with E-state index in [1.54, 1.807) is 25.4 Å². The SMILES string of the molecule is COCCOCCCOc1ccc(C#N)nc1. The van der Waals surface area contributed by atoms with Crippen molar-refractivity contribution in [1.82, 2.24) is 4.98 Å². The summed E-state index contributed by atoms with van der Waals surface area (Å²) >= 11 is 0. The van der Waals surface area contributed by atoms with Crippen LogP contribution >= 0.6 is 0 Å². The molecular weight excluding hydrogens is 220 g/mol. The molecule has 5 nitrogen and oxygen atoms in total. The zero-order valence-corrected chi connectivity index (χ0v) is 9.89. The second-order valence-corrected chi connectivity index (χ2v) is 3.30. The van der Waals surface area contributed by atoms with Gasteiger partial charge in [0.2, 0.25) is 0 Å². The van der Waals surface area contributed by atoms with Crippen molar-refractivity contribution in [2.24, 2.45) is 0 Å². The molecule has 0 fully saturated rings. The first kappa shape index (κ1) is 13.4.